The number of halogens is 5. The lowest BCUT2D eigenvalue weighted by molar-refractivity contribution is 0.581. The summed E-state index contributed by atoms with van der Waals surface area (Å²) in [6, 6.07) is 4.95. The Morgan fingerprint density at radius 2 is 1.58 bits per heavy atom. The van der Waals surface area contributed by atoms with Gasteiger partial charge in [0.05, 0.1) is 31.6 Å². The van der Waals surface area contributed by atoms with E-state index in [1.807, 2.05) is 0 Å². The molecule has 0 radical (unpaired) electrons. The van der Waals surface area contributed by atoms with Crippen molar-refractivity contribution in [2.75, 3.05) is 11.1 Å². The zero-order chi connectivity index (χ0) is 14.2. The Kier molecular flexibility index (Phi) is 4.18. The summed E-state index contributed by atoms with van der Waals surface area (Å²) in [5, 5.41) is 3.31. The van der Waals surface area contributed by atoms with E-state index < -0.39 is 11.6 Å². The van der Waals surface area contributed by atoms with Crippen LogP contribution in [0.3, 0.4) is 0 Å². The number of hydrogen-bond acceptors (Lipinski definition) is 2. The molecule has 0 saturated carbocycles. The highest BCUT2D eigenvalue weighted by atomic mass is 79.9. The highest BCUT2D eigenvalue weighted by molar-refractivity contribution is 9.10. The smallest absolute Gasteiger partial charge is 0.149 e. The second-order valence-corrected chi connectivity index (χ2v) is 5.39. The molecule has 19 heavy (non-hydrogen) atoms. The van der Waals surface area contributed by atoms with Gasteiger partial charge in [-0.25, -0.2) is 8.78 Å². The van der Waals surface area contributed by atoms with Crippen LogP contribution in [0, 0.1) is 11.6 Å². The van der Waals surface area contributed by atoms with Gasteiger partial charge in [0.1, 0.15) is 11.6 Å². The van der Waals surface area contributed by atoms with E-state index in [9.17, 15) is 8.78 Å². The molecule has 0 atom stereocenters. The van der Waals surface area contributed by atoms with Gasteiger partial charge in [-0.1, -0.05) is 23.2 Å². The van der Waals surface area contributed by atoms with Crippen molar-refractivity contribution < 1.29 is 8.78 Å². The molecule has 0 aliphatic heterocycles. The third-order valence-electron chi connectivity index (χ3n) is 2.37. The van der Waals surface area contributed by atoms with Crippen LogP contribution in [0.5, 0.6) is 0 Å². The van der Waals surface area contributed by atoms with Crippen molar-refractivity contribution in [3.05, 3.63) is 50.4 Å². The molecule has 0 heterocycles. The molecule has 3 N–H and O–H groups in total. The first kappa shape index (κ1) is 14.4. The molecule has 0 unspecified atom stereocenters. The first-order chi connectivity index (χ1) is 8.88. The maximum atomic E-state index is 13.6. The summed E-state index contributed by atoms with van der Waals surface area (Å²) in [6.07, 6.45) is 0. The Morgan fingerprint density at radius 1 is 0.947 bits per heavy atom. The van der Waals surface area contributed by atoms with Crippen LogP contribution in [0.25, 0.3) is 0 Å². The Hall–Kier alpha value is -1.04. The predicted octanol–water partition coefficient (Wildman–Crippen LogP) is 5.36. The van der Waals surface area contributed by atoms with Crippen molar-refractivity contribution in [3.63, 3.8) is 0 Å². The lowest BCUT2D eigenvalue weighted by Crippen LogP contribution is -1.99. The Bertz CT molecular complexity index is 595. The molecule has 0 saturated heterocycles. The first-order valence-corrected chi connectivity index (χ1v) is 6.59. The van der Waals surface area contributed by atoms with Gasteiger partial charge in [0, 0.05) is 6.07 Å². The summed E-state index contributed by atoms with van der Waals surface area (Å²) in [4.78, 5) is 0. The van der Waals surface area contributed by atoms with E-state index in [0.29, 0.717) is 16.4 Å². The van der Waals surface area contributed by atoms with E-state index in [1.54, 1.807) is 0 Å². The molecule has 0 aliphatic carbocycles. The fourth-order valence-corrected chi connectivity index (χ4v) is 2.11. The fourth-order valence-electron chi connectivity index (χ4n) is 1.43. The zero-order valence-electron chi connectivity index (χ0n) is 9.28. The van der Waals surface area contributed by atoms with Gasteiger partial charge in [0.2, 0.25) is 0 Å². The van der Waals surface area contributed by atoms with Crippen LogP contribution >= 0.6 is 39.1 Å². The predicted molar refractivity (Wildman–Crippen MR) is 78.2 cm³/mol. The molecule has 0 spiro atoms. The van der Waals surface area contributed by atoms with Crippen LogP contribution in [-0.2, 0) is 0 Å². The first-order valence-electron chi connectivity index (χ1n) is 5.04. The minimum atomic E-state index is -0.744. The molecule has 2 nitrogen and oxygen atoms in total. The minimum Gasteiger partial charge on any atom is -0.397 e. The van der Waals surface area contributed by atoms with Crippen LogP contribution in [0.2, 0.25) is 10.0 Å². The molecule has 2 aromatic carbocycles. The molecule has 0 bridgehead atoms. The Balaban J connectivity index is 2.42. The van der Waals surface area contributed by atoms with Crippen LogP contribution in [-0.4, -0.2) is 0 Å². The Labute approximate surface area is 126 Å². The molecule has 2 aromatic rings. The van der Waals surface area contributed by atoms with Gasteiger partial charge in [-0.05, 0) is 34.1 Å². The number of hydrogen-bond donors (Lipinski definition) is 2. The normalized spacial score (nSPS) is 10.6. The molecule has 0 amide bonds. The van der Waals surface area contributed by atoms with Gasteiger partial charge in [0.25, 0.3) is 0 Å². The van der Waals surface area contributed by atoms with Crippen molar-refractivity contribution in [2.24, 2.45) is 0 Å². The largest absolute Gasteiger partial charge is 0.397 e. The summed E-state index contributed by atoms with van der Waals surface area (Å²) in [5.74, 6) is -1.43. The molecular formula is C12H7BrCl2F2N2. The number of nitrogens with one attached hydrogen (secondary N) is 1. The van der Waals surface area contributed by atoms with Crippen LogP contribution in [0.15, 0.2) is 28.7 Å². The SMILES string of the molecule is Nc1cc(Cl)c(Cl)cc1Nc1cc(Br)c(F)cc1F. The van der Waals surface area contributed by atoms with Crippen molar-refractivity contribution >= 4 is 56.2 Å². The molecule has 7 heteroatoms. The monoisotopic (exact) mass is 366 g/mol. The second kappa shape index (κ2) is 5.53. The highest BCUT2D eigenvalue weighted by Gasteiger charge is 2.11. The van der Waals surface area contributed by atoms with Crippen molar-refractivity contribution in [2.45, 2.75) is 0 Å². The maximum absolute atomic E-state index is 13.6. The van der Waals surface area contributed by atoms with E-state index in [4.69, 9.17) is 28.9 Å². The summed E-state index contributed by atoms with van der Waals surface area (Å²) < 4.78 is 26.9. The second-order valence-electron chi connectivity index (χ2n) is 3.72. The minimum absolute atomic E-state index is 0.0679. The highest BCUT2D eigenvalue weighted by Crippen LogP contribution is 2.34. The Morgan fingerprint density at radius 3 is 2.26 bits per heavy atom. The maximum Gasteiger partial charge on any atom is 0.149 e. The van der Waals surface area contributed by atoms with Crippen LogP contribution in [0.1, 0.15) is 0 Å². The molecule has 0 fully saturated rings. The van der Waals surface area contributed by atoms with Crippen molar-refractivity contribution in [1.29, 1.82) is 0 Å². The quantitative estimate of drug-likeness (QED) is 0.553. The van der Waals surface area contributed by atoms with E-state index in [0.717, 1.165) is 6.07 Å². The van der Waals surface area contributed by atoms with E-state index >= 15 is 0 Å². The van der Waals surface area contributed by atoms with Gasteiger partial charge in [-0.3, -0.25) is 0 Å². The summed E-state index contributed by atoms with van der Waals surface area (Å²) in [5.41, 5.74) is 6.49. The molecule has 0 aliphatic rings. The number of benzene rings is 2. The van der Waals surface area contributed by atoms with Crippen LogP contribution in [0.4, 0.5) is 25.8 Å². The zero-order valence-corrected chi connectivity index (χ0v) is 12.4. The van der Waals surface area contributed by atoms with Gasteiger partial charge in [0.15, 0.2) is 0 Å². The number of anilines is 3. The number of nitrogen functional groups attached to an aromatic ring is 1. The lowest BCUT2D eigenvalue weighted by atomic mass is 10.2. The third-order valence-corrected chi connectivity index (χ3v) is 3.70. The molecule has 100 valence electrons. The van der Waals surface area contributed by atoms with Crippen molar-refractivity contribution in [3.8, 4) is 0 Å². The van der Waals surface area contributed by atoms with Gasteiger partial charge < -0.3 is 11.1 Å². The van der Waals surface area contributed by atoms with Gasteiger partial charge in [-0.2, -0.15) is 0 Å². The summed E-state index contributed by atoms with van der Waals surface area (Å²) >= 11 is 14.6. The van der Waals surface area contributed by atoms with Gasteiger partial charge in [-0.15, -0.1) is 0 Å². The standard InChI is InChI=1S/C12H7BrCl2F2N2/c13-5-1-11(9(17)4-8(5)16)19-12-3-7(15)6(14)2-10(12)18/h1-4,19H,18H2. The van der Waals surface area contributed by atoms with Crippen molar-refractivity contribution in [1.82, 2.24) is 0 Å². The van der Waals surface area contributed by atoms with E-state index in [-0.39, 0.29) is 15.2 Å². The topological polar surface area (TPSA) is 38.0 Å². The van der Waals surface area contributed by atoms with Crippen LogP contribution < -0.4 is 11.1 Å². The molecular weight excluding hydrogens is 361 g/mol. The van der Waals surface area contributed by atoms with E-state index in [1.165, 1.54) is 18.2 Å². The molecule has 2 rings (SSSR count). The fraction of sp³-hybridized carbons (Fsp3) is 0. The lowest BCUT2D eigenvalue weighted by Gasteiger charge is -2.12. The third kappa shape index (κ3) is 3.11. The van der Waals surface area contributed by atoms with E-state index in [2.05, 4.69) is 21.2 Å². The molecule has 0 aromatic heterocycles. The average molecular weight is 368 g/mol. The summed E-state index contributed by atoms with van der Waals surface area (Å²) in [6.45, 7) is 0. The number of nitrogens with two attached hydrogens (primary N) is 1. The van der Waals surface area contributed by atoms with Gasteiger partial charge >= 0.3 is 0 Å². The summed E-state index contributed by atoms with van der Waals surface area (Å²) in [7, 11) is 0. The number of rotatable bonds is 2. The average Bonchev–Trinajstić information content (AvgIpc) is 2.32.